The van der Waals surface area contributed by atoms with Gasteiger partial charge in [0.1, 0.15) is 0 Å². The highest BCUT2D eigenvalue weighted by atomic mass is 32.2. The molecule has 0 aliphatic carbocycles. The lowest BCUT2D eigenvalue weighted by Crippen LogP contribution is -1.76. The predicted octanol–water partition coefficient (Wildman–Crippen LogP) is 1.37. The second-order valence-electron chi connectivity index (χ2n) is 2.05. The third kappa shape index (κ3) is 3.01. The number of hydrogen-bond acceptors (Lipinski definition) is 1. The van der Waals surface area contributed by atoms with Crippen LogP contribution in [0.4, 0.5) is 0 Å². The average molecular weight is 164 g/mol. The summed E-state index contributed by atoms with van der Waals surface area (Å²) in [7, 11) is -1.03. The molecule has 1 unspecified atom stereocenters. The van der Waals surface area contributed by atoms with Gasteiger partial charge < -0.3 is 0 Å². The molecule has 0 radical (unpaired) electrons. The zero-order valence-electron chi connectivity index (χ0n) is 6.20. The average Bonchev–Trinajstić information content (AvgIpc) is 2.03. The maximum absolute atomic E-state index is 10.6. The van der Waals surface area contributed by atoms with Gasteiger partial charge in [-0.3, -0.25) is 0 Å². The van der Waals surface area contributed by atoms with Crippen molar-refractivity contribution in [2.45, 2.75) is 0 Å². The first-order valence-corrected chi connectivity index (χ1v) is 4.75. The molecule has 1 aromatic carbocycles. The standard InChI is InChI=1S/C9H8OS/c1-11(10)8-7-9-5-3-2-4-6-9/h2-6H,1H3. The van der Waals surface area contributed by atoms with Gasteiger partial charge in [0.05, 0.1) is 10.8 Å². The molecule has 1 atom stereocenters. The van der Waals surface area contributed by atoms with Crippen LogP contribution in [0, 0.1) is 11.2 Å². The topological polar surface area (TPSA) is 17.1 Å². The van der Waals surface area contributed by atoms with Crippen molar-refractivity contribution < 1.29 is 4.21 Å². The van der Waals surface area contributed by atoms with E-state index in [1.807, 2.05) is 30.3 Å². The summed E-state index contributed by atoms with van der Waals surface area (Å²) >= 11 is 0. The van der Waals surface area contributed by atoms with Crippen molar-refractivity contribution in [1.29, 1.82) is 0 Å². The van der Waals surface area contributed by atoms with Gasteiger partial charge in [-0.1, -0.05) is 24.1 Å². The molecule has 2 heteroatoms. The molecule has 56 valence electrons. The molecule has 0 spiro atoms. The van der Waals surface area contributed by atoms with E-state index in [0.29, 0.717) is 0 Å². The predicted molar refractivity (Wildman–Crippen MR) is 47.4 cm³/mol. The molecule has 1 aromatic rings. The van der Waals surface area contributed by atoms with Gasteiger partial charge in [-0.2, -0.15) is 0 Å². The minimum absolute atomic E-state index is 0.905. The lowest BCUT2D eigenvalue weighted by molar-refractivity contribution is 0.692. The van der Waals surface area contributed by atoms with E-state index < -0.39 is 10.8 Å². The summed E-state index contributed by atoms with van der Waals surface area (Å²) in [5, 5.41) is 2.58. The summed E-state index contributed by atoms with van der Waals surface area (Å²) in [5.74, 6) is 2.79. The molecule has 0 N–H and O–H groups in total. The van der Waals surface area contributed by atoms with Crippen molar-refractivity contribution >= 4 is 10.8 Å². The van der Waals surface area contributed by atoms with Crippen molar-refractivity contribution in [3.05, 3.63) is 35.9 Å². The second-order valence-corrected chi connectivity index (χ2v) is 3.16. The van der Waals surface area contributed by atoms with E-state index in [1.165, 1.54) is 0 Å². The van der Waals surface area contributed by atoms with E-state index in [0.717, 1.165) is 5.56 Å². The molecule has 0 amide bonds. The van der Waals surface area contributed by atoms with Crippen molar-refractivity contribution in [2.24, 2.45) is 0 Å². The first-order valence-electron chi connectivity index (χ1n) is 3.19. The molecular weight excluding hydrogens is 156 g/mol. The van der Waals surface area contributed by atoms with Crippen LogP contribution in [0.2, 0.25) is 0 Å². The molecule has 1 nitrogen and oxygen atoms in total. The highest BCUT2D eigenvalue weighted by Gasteiger charge is 1.81. The van der Waals surface area contributed by atoms with Gasteiger partial charge in [0.2, 0.25) is 0 Å². The second kappa shape index (κ2) is 3.95. The van der Waals surface area contributed by atoms with E-state index >= 15 is 0 Å². The Morgan fingerprint density at radius 2 is 1.91 bits per heavy atom. The molecule has 0 saturated carbocycles. The molecule has 11 heavy (non-hydrogen) atoms. The third-order valence-electron chi connectivity index (χ3n) is 1.11. The van der Waals surface area contributed by atoms with E-state index in [-0.39, 0.29) is 0 Å². The van der Waals surface area contributed by atoms with Crippen molar-refractivity contribution in [2.75, 3.05) is 6.26 Å². The number of rotatable bonds is 0. The minimum Gasteiger partial charge on any atom is -0.246 e. The quantitative estimate of drug-likeness (QED) is 0.529. The van der Waals surface area contributed by atoms with Crippen LogP contribution in [0.3, 0.4) is 0 Å². The molecule has 0 saturated heterocycles. The largest absolute Gasteiger partial charge is 0.246 e. The molecule has 1 rings (SSSR count). The summed E-state index contributed by atoms with van der Waals surface area (Å²) in [6.45, 7) is 0. The Bertz CT molecular complexity index is 305. The fraction of sp³-hybridized carbons (Fsp3) is 0.111. The number of benzene rings is 1. The van der Waals surface area contributed by atoms with Gasteiger partial charge in [-0.15, -0.1) is 0 Å². The third-order valence-corrected chi connectivity index (χ3v) is 1.50. The van der Waals surface area contributed by atoms with Crippen LogP contribution in [0.5, 0.6) is 0 Å². The lowest BCUT2D eigenvalue weighted by atomic mass is 10.2. The lowest BCUT2D eigenvalue weighted by Gasteiger charge is -1.84. The highest BCUT2D eigenvalue weighted by molar-refractivity contribution is 7.89. The van der Waals surface area contributed by atoms with Gasteiger partial charge in [0, 0.05) is 17.1 Å². The van der Waals surface area contributed by atoms with Crippen LogP contribution < -0.4 is 0 Å². The first-order chi connectivity index (χ1) is 5.29. The number of hydrogen-bond donors (Lipinski definition) is 0. The zero-order chi connectivity index (χ0) is 8.10. The van der Waals surface area contributed by atoms with Gasteiger partial charge >= 0.3 is 0 Å². The van der Waals surface area contributed by atoms with Crippen molar-refractivity contribution in [3.8, 4) is 11.2 Å². The van der Waals surface area contributed by atoms with Crippen molar-refractivity contribution in [3.63, 3.8) is 0 Å². The summed E-state index contributed by atoms with van der Waals surface area (Å²) < 4.78 is 10.6. The highest BCUT2D eigenvalue weighted by Crippen LogP contribution is 1.94. The Morgan fingerprint density at radius 3 is 2.45 bits per heavy atom. The van der Waals surface area contributed by atoms with Gasteiger partial charge in [0.25, 0.3) is 0 Å². The summed E-state index contributed by atoms with van der Waals surface area (Å²) in [4.78, 5) is 0. The smallest absolute Gasteiger partial charge is 0.0946 e. The Hall–Kier alpha value is -1.07. The zero-order valence-corrected chi connectivity index (χ0v) is 7.02. The monoisotopic (exact) mass is 164 g/mol. The Kier molecular flexibility index (Phi) is 2.88. The Labute approximate surface area is 68.9 Å². The van der Waals surface area contributed by atoms with Crippen LogP contribution in [-0.4, -0.2) is 10.5 Å². The van der Waals surface area contributed by atoms with Crippen LogP contribution in [0.15, 0.2) is 30.3 Å². The summed E-state index contributed by atoms with van der Waals surface area (Å²) in [6, 6.07) is 9.51. The Balaban J connectivity index is 2.83. The van der Waals surface area contributed by atoms with Crippen LogP contribution >= 0.6 is 0 Å². The molecule has 0 heterocycles. The molecule has 0 aliphatic rings. The maximum atomic E-state index is 10.6. The van der Waals surface area contributed by atoms with E-state index in [2.05, 4.69) is 11.2 Å². The molecular formula is C9H8OS. The fourth-order valence-corrected chi connectivity index (χ4v) is 0.914. The van der Waals surface area contributed by atoms with E-state index in [4.69, 9.17) is 0 Å². The van der Waals surface area contributed by atoms with Crippen LogP contribution in [-0.2, 0) is 10.8 Å². The molecule has 0 aliphatic heterocycles. The fourth-order valence-electron chi connectivity index (χ4n) is 0.652. The minimum atomic E-state index is -1.03. The SMILES string of the molecule is CS(=O)C#Cc1ccccc1. The normalized spacial score (nSPS) is 11.4. The van der Waals surface area contributed by atoms with Gasteiger partial charge in [0.15, 0.2) is 0 Å². The van der Waals surface area contributed by atoms with Gasteiger partial charge in [-0.05, 0) is 12.1 Å². The van der Waals surface area contributed by atoms with E-state index in [1.54, 1.807) is 6.26 Å². The molecule has 0 aromatic heterocycles. The maximum Gasteiger partial charge on any atom is 0.0946 e. The van der Waals surface area contributed by atoms with Crippen molar-refractivity contribution in [1.82, 2.24) is 0 Å². The molecule has 0 fully saturated rings. The summed E-state index contributed by atoms with van der Waals surface area (Å²) in [5.41, 5.74) is 0.905. The van der Waals surface area contributed by atoms with Gasteiger partial charge in [-0.25, -0.2) is 4.21 Å². The van der Waals surface area contributed by atoms with E-state index in [9.17, 15) is 4.21 Å². The molecule has 0 bridgehead atoms. The van der Waals surface area contributed by atoms with Crippen LogP contribution in [0.1, 0.15) is 5.56 Å². The summed E-state index contributed by atoms with van der Waals surface area (Å²) in [6.07, 6.45) is 1.57. The Morgan fingerprint density at radius 1 is 1.27 bits per heavy atom. The first kappa shape index (κ1) is 8.03. The van der Waals surface area contributed by atoms with Crippen LogP contribution in [0.25, 0.3) is 0 Å².